The Labute approximate surface area is 157 Å². The Morgan fingerprint density at radius 1 is 1.37 bits per heavy atom. The standard InChI is InChI=1S/C20H22FN5O/c21-14-9-18-17(4-1-6-23-18)19(10-14)24-15-5-8-25(12-15)13-20(27)26-7-2-3-16(26)11-22/h1,4,6,9-10,15-16,24H,2-3,5,7-8,12-13H2/t15-,16+/m1/s1. The normalized spacial score (nSPS) is 22.9. The number of hydrogen-bond acceptors (Lipinski definition) is 5. The van der Waals surface area contributed by atoms with Crippen LogP contribution in [0.1, 0.15) is 19.3 Å². The maximum Gasteiger partial charge on any atom is 0.237 e. The first kappa shape index (κ1) is 17.7. The fraction of sp³-hybridized carbons (Fsp3) is 0.450. The van der Waals surface area contributed by atoms with Gasteiger partial charge in [-0.25, -0.2) is 4.39 Å². The monoisotopic (exact) mass is 367 g/mol. The van der Waals surface area contributed by atoms with Gasteiger partial charge in [0.25, 0.3) is 0 Å². The van der Waals surface area contributed by atoms with Crippen LogP contribution in [-0.2, 0) is 4.79 Å². The van der Waals surface area contributed by atoms with Gasteiger partial charge in [0.15, 0.2) is 0 Å². The molecule has 0 spiro atoms. The van der Waals surface area contributed by atoms with E-state index in [1.54, 1.807) is 11.1 Å². The lowest BCUT2D eigenvalue weighted by Crippen LogP contribution is -2.42. The molecule has 2 aromatic rings. The van der Waals surface area contributed by atoms with Gasteiger partial charge in [0, 0.05) is 49.0 Å². The molecule has 140 valence electrons. The lowest BCUT2D eigenvalue weighted by atomic mass is 10.1. The van der Waals surface area contributed by atoms with Crippen LogP contribution in [0.3, 0.4) is 0 Å². The van der Waals surface area contributed by atoms with Gasteiger partial charge in [-0.1, -0.05) is 0 Å². The summed E-state index contributed by atoms with van der Waals surface area (Å²) in [6.07, 6.45) is 4.20. The minimum atomic E-state index is -0.315. The van der Waals surface area contributed by atoms with Gasteiger partial charge in [-0.05, 0) is 37.5 Å². The highest BCUT2D eigenvalue weighted by Crippen LogP contribution is 2.26. The third-order valence-electron chi connectivity index (χ3n) is 5.40. The number of likely N-dealkylation sites (tertiary alicyclic amines) is 2. The van der Waals surface area contributed by atoms with Crippen molar-refractivity contribution in [3.05, 3.63) is 36.3 Å². The van der Waals surface area contributed by atoms with Gasteiger partial charge in [0.1, 0.15) is 11.9 Å². The van der Waals surface area contributed by atoms with Crippen molar-refractivity contribution in [2.75, 3.05) is 31.5 Å². The van der Waals surface area contributed by atoms with E-state index in [0.29, 0.717) is 18.6 Å². The number of aromatic nitrogens is 1. The number of nitrogens with one attached hydrogen (secondary N) is 1. The van der Waals surface area contributed by atoms with Crippen molar-refractivity contribution >= 4 is 22.5 Å². The van der Waals surface area contributed by atoms with E-state index in [1.165, 1.54) is 12.1 Å². The molecule has 1 aromatic heterocycles. The summed E-state index contributed by atoms with van der Waals surface area (Å²) in [5.41, 5.74) is 1.36. The van der Waals surface area contributed by atoms with E-state index in [1.807, 2.05) is 12.1 Å². The number of hydrogen-bond donors (Lipinski definition) is 1. The molecular weight excluding hydrogens is 345 g/mol. The molecule has 0 radical (unpaired) electrons. The molecule has 0 unspecified atom stereocenters. The maximum atomic E-state index is 13.9. The molecule has 4 rings (SSSR count). The molecule has 6 nitrogen and oxygen atoms in total. The van der Waals surface area contributed by atoms with Gasteiger partial charge in [0.2, 0.25) is 5.91 Å². The molecule has 27 heavy (non-hydrogen) atoms. The average molecular weight is 367 g/mol. The third kappa shape index (κ3) is 3.71. The first-order valence-corrected chi connectivity index (χ1v) is 9.36. The number of amides is 1. The van der Waals surface area contributed by atoms with Crippen LogP contribution >= 0.6 is 0 Å². The fourth-order valence-electron chi connectivity index (χ4n) is 4.06. The van der Waals surface area contributed by atoms with Crippen LogP contribution in [0.25, 0.3) is 10.9 Å². The largest absolute Gasteiger partial charge is 0.380 e. The summed E-state index contributed by atoms with van der Waals surface area (Å²) in [4.78, 5) is 20.5. The quantitative estimate of drug-likeness (QED) is 0.898. The SMILES string of the molecule is N#C[C@@H]1CCCN1C(=O)CN1CC[C@@H](Nc2cc(F)cc3ncccc23)C1. The maximum absolute atomic E-state index is 13.9. The predicted octanol–water partition coefficient (Wildman–Crippen LogP) is 2.37. The van der Waals surface area contributed by atoms with Crippen molar-refractivity contribution in [3.63, 3.8) is 0 Å². The zero-order chi connectivity index (χ0) is 18.8. The molecule has 2 atom stereocenters. The number of carbonyl (C=O) groups excluding carboxylic acids is 1. The lowest BCUT2D eigenvalue weighted by molar-refractivity contribution is -0.132. The molecule has 2 fully saturated rings. The molecule has 2 saturated heterocycles. The minimum Gasteiger partial charge on any atom is -0.380 e. The Balaban J connectivity index is 1.39. The van der Waals surface area contributed by atoms with E-state index in [4.69, 9.17) is 5.26 Å². The summed E-state index contributed by atoms with van der Waals surface area (Å²) < 4.78 is 13.9. The minimum absolute atomic E-state index is 0.0279. The number of carbonyl (C=O) groups is 1. The van der Waals surface area contributed by atoms with Crippen LogP contribution in [0.4, 0.5) is 10.1 Å². The molecule has 3 heterocycles. The molecule has 7 heteroatoms. The summed E-state index contributed by atoms with van der Waals surface area (Å²) >= 11 is 0. The van der Waals surface area contributed by atoms with Gasteiger partial charge in [-0.2, -0.15) is 5.26 Å². The van der Waals surface area contributed by atoms with Gasteiger partial charge in [-0.3, -0.25) is 14.7 Å². The second kappa shape index (κ2) is 7.49. The Morgan fingerprint density at radius 3 is 3.11 bits per heavy atom. The van der Waals surface area contributed by atoms with Crippen LogP contribution in [0.5, 0.6) is 0 Å². The second-order valence-corrected chi connectivity index (χ2v) is 7.26. The van der Waals surface area contributed by atoms with Gasteiger partial charge in [-0.15, -0.1) is 0 Å². The lowest BCUT2D eigenvalue weighted by Gasteiger charge is -2.23. The van der Waals surface area contributed by atoms with Crippen LogP contribution < -0.4 is 5.32 Å². The molecule has 1 aromatic carbocycles. The van der Waals surface area contributed by atoms with Crippen molar-refractivity contribution in [1.82, 2.24) is 14.8 Å². The number of rotatable bonds is 4. The van der Waals surface area contributed by atoms with E-state index in [-0.39, 0.29) is 23.8 Å². The zero-order valence-electron chi connectivity index (χ0n) is 15.1. The highest BCUT2D eigenvalue weighted by molar-refractivity contribution is 5.91. The topological polar surface area (TPSA) is 72.3 Å². The fourth-order valence-corrected chi connectivity index (χ4v) is 4.06. The van der Waals surface area contributed by atoms with E-state index in [9.17, 15) is 9.18 Å². The number of fused-ring (bicyclic) bond motifs is 1. The molecule has 1 amide bonds. The summed E-state index contributed by atoms with van der Waals surface area (Å²) in [6.45, 7) is 2.53. The van der Waals surface area contributed by atoms with Gasteiger partial charge >= 0.3 is 0 Å². The third-order valence-corrected chi connectivity index (χ3v) is 5.40. The molecule has 2 aliphatic heterocycles. The molecule has 1 N–H and O–H groups in total. The Morgan fingerprint density at radius 2 is 2.26 bits per heavy atom. The number of nitriles is 1. The number of pyridine rings is 1. The van der Waals surface area contributed by atoms with Crippen molar-refractivity contribution < 1.29 is 9.18 Å². The van der Waals surface area contributed by atoms with E-state index >= 15 is 0 Å². The van der Waals surface area contributed by atoms with Gasteiger partial charge in [0.05, 0.1) is 18.1 Å². The second-order valence-electron chi connectivity index (χ2n) is 7.26. The van der Waals surface area contributed by atoms with E-state index < -0.39 is 0 Å². The molecule has 0 aliphatic carbocycles. The van der Waals surface area contributed by atoms with Crippen LogP contribution in [0, 0.1) is 17.1 Å². The summed E-state index contributed by atoms with van der Waals surface area (Å²) in [5.74, 6) is -0.287. The van der Waals surface area contributed by atoms with E-state index in [0.717, 1.165) is 43.4 Å². The average Bonchev–Trinajstić information content (AvgIpc) is 3.30. The number of nitrogens with zero attached hydrogens (tertiary/aromatic N) is 4. The zero-order valence-corrected chi connectivity index (χ0v) is 15.1. The van der Waals surface area contributed by atoms with Crippen LogP contribution in [-0.4, -0.2) is 59.0 Å². The van der Waals surface area contributed by atoms with Crippen LogP contribution in [0.2, 0.25) is 0 Å². The van der Waals surface area contributed by atoms with Crippen LogP contribution in [0.15, 0.2) is 30.5 Å². The highest BCUT2D eigenvalue weighted by atomic mass is 19.1. The first-order chi connectivity index (χ1) is 13.1. The molecule has 0 bridgehead atoms. The number of benzene rings is 1. The van der Waals surface area contributed by atoms with Crippen molar-refractivity contribution in [2.24, 2.45) is 0 Å². The summed E-state index contributed by atoms with van der Waals surface area (Å²) in [5, 5.41) is 13.5. The summed E-state index contributed by atoms with van der Waals surface area (Å²) in [6, 6.07) is 8.78. The number of anilines is 1. The van der Waals surface area contributed by atoms with Crippen molar-refractivity contribution in [2.45, 2.75) is 31.3 Å². The number of halogens is 1. The molecule has 0 saturated carbocycles. The van der Waals surface area contributed by atoms with Crippen molar-refractivity contribution in [1.29, 1.82) is 5.26 Å². The highest BCUT2D eigenvalue weighted by Gasteiger charge is 2.31. The van der Waals surface area contributed by atoms with Crippen molar-refractivity contribution in [3.8, 4) is 6.07 Å². The Bertz CT molecular complexity index is 896. The van der Waals surface area contributed by atoms with Gasteiger partial charge < -0.3 is 10.2 Å². The first-order valence-electron chi connectivity index (χ1n) is 9.36. The predicted molar refractivity (Wildman–Crippen MR) is 101 cm³/mol. The Kier molecular flexibility index (Phi) is 4.90. The Hall–Kier alpha value is -2.72. The smallest absolute Gasteiger partial charge is 0.237 e. The molecule has 2 aliphatic rings. The summed E-state index contributed by atoms with van der Waals surface area (Å²) in [7, 11) is 0. The molecular formula is C20H22FN5O. The van der Waals surface area contributed by atoms with E-state index in [2.05, 4.69) is 21.3 Å².